The highest BCUT2D eigenvalue weighted by Gasteiger charge is 2.34. The number of anilines is 1. The zero-order valence-electron chi connectivity index (χ0n) is 14.2. The van der Waals surface area contributed by atoms with Crippen molar-refractivity contribution in [1.29, 1.82) is 0 Å². The van der Waals surface area contributed by atoms with E-state index < -0.39 is 0 Å². The van der Waals surface area contributed by atoms with E-state index in [-0.39, 0.29) is 16.7 Å². The van der Waals surface area contributed by atoms with E-state index in [4.69, 9.17) is 0 Å². The number of imide groups is 1. The molecule has 2 aliphatic heterocycles. The standard InChI is InChI=1S/C18H22N2O2S/c1-10-6-14-13(11(2)9-18(3,4)20(14)5)7-12(10)8-15-16(21)19-17(22)23-15/h6-8,11H,9H2,1-5H3,(H,19,21,22)/b15-8+/t11-/m1/s1. The Bertz CT molecular complexity index is 737. The van der Waals surface area contributed by atoms with E-state index in [1.165, 1.54) is 11.3 Å². The van der Waals surface area contributed by atoms with Gasteiger partial charge in [-0.3, -0.25) is 14.9 Å². The summed E-state index contributed by atoms with van der Waals surface area (Å²) in [4.78, 5) is 25.9. The molecule has 23 heavy (non-hydrogen) atoms. The van der Waals surface area contributed by atoms with Gasteiger partial charge in [-0.25, -0.2) is 0 Å². The van der Waals surface area contributed by atoms with Gasteiger partial charge in [0.15, 0.2) is 0 Å². The van der Waals surface area contributed by atoms with Crippen molar-refractivity contribution in [2.75, 3.05) is 11.9 Å². The number of fused-ring (bicyclic) bond motifs is 1. The van der Waals surface area contributed by atoms with Crippen LogP contribution in [-0.2, 0) is 4.79 Å². The Kier molecular flexibility index (Phi) is 3.79. The fourth-order valence-electron chi connectivity index (χ4n) is 3.45. The van der Waals surface area contributed by atoms with Crippen LogP contribution in [0.5, 0.6) is 0 Å². The minimum atomic E-state index is -0.302. The Morgan fingerprint density at radius 3 is 2.65 bits per heavy atom. The topological polar surface area (TPSA) is 49.4 Å². The number of nitrogens with zero attached hydrogens (tertiary/aromatic N) is 1. The lowest BCUT2D eigenvalue weighted by atomic mass is 9.79. The molecule has 0 saturated carbocycles. The Hall–Kier alpha value is -1.75. The van der Waals surface area contributed by atoms with Gasteiger partial charge in [0.05, 0.1) is 4.91 Å². The van der Waals surface area contributed by atoms with Crippen LogP contribution >= 0.6 is 11.8 Å². The van der Waals surface area contributed by atoms with Crippen LogP contribution in [0.15, 0.2) is 17.0 Å². The molecule has 1 aromatic rings. The van der Waals surface area contributed by atoms with Gasteiger partial charge in [-0.1, -0.05) is 6.92 Å². The van der Waals surface area contributed by atoms with Crippen LogP contribution in [0.4, 0.5) is 10.5 Å². The highest BCUT2D eigenvalue weighted by Crippen LogP contribution is 2.43. The second kappa shape index (κ2) is 5.41. The molecule has 5 heteroatoms. The van der Waals surface area contributed by atoms with Gasteiger partial charge in [0.2, 0.25) is 0 Å². The van der Waals surface area contributed by atoms with Crippen LogP contribution < -0.4 is 10.2 Å². The number of benzene rings is 1. The molecule has 3 rings (SSSR count). The van der Waals surface area contributed by atoms with E-state index in [9.17, 15) is 9.59 Å². The highest BCUT2D eigenvalue weighted by molar-refractivity contribution is 8.18. The van der Waals surface area contributed by atoms with E-state index in [1.54, 1.807) is 0 Å². The smallest absolute Gasteiger partial charge is 0.290 e. The lowest BCUT2D eigenvalue weighted by molar-refractivity contribution is -0.115. The minimum absolute atomic E-state index is 0.131. The molecule has 1 N–H and O–H groups in total. The first-order chi connectivity index (χ1) is 10.7. The summed E-state index contributed by atoms with van der Waals surface area (Å²) in [5.74, 6) is 0.157. The van der Waals surface area contributed by atoms with Gasteiger partial charge in [0.25, 0.3) is 11.1 Å². The van der Waals surface area contributed by atoms with Crippen LogP contribution in [0.1, 0.15) is 49.8 Å². The SMILES string of the molecule is Cc1cc2c(cc1/C=C1/SC(=O)NC1=O)[C@H](C)CC(C)(C)N2C. The average molecular weight is 330 g/mol. The summed E-state index contributed by atoms with van der Waals surface area (Å²) in [5.41, 5.74) is 4.82. The number of carbonyl (C=O) groups excluding carboxylic acids is 2. The van der Waals surface area contributed by atoms with Crippen LogP contribution in [0, 0.1) is 6.92 Å². The average Bonchev–Trinajstić information content (AvgIpc) is 2.76. The maximum atomic E-state index is 11.8. The Balaban J connectivity index is 2.06. The van der Waals surface area contributed by atoms with Gasteiger partial charge >= 0.3 is 0 Å². The normalized spacial score (nSPS) is 24.8. The molecule has 1 atom stereocenters. The number of hydrogen-bond acceptors (Lipinski definition) is 4. The molecule has 2 heterocycles. The second-order valence-electron chi connectivity index (χ2n) is 7.10. The van der Waals surface area contributed by atoms with Gasteiger partial charge in [-0.05, 0) is 79.8 Å². The van der Waals surface area contributed by atoms with Crippen molar-refractivity contribution in [3.63, 3.8) is 0 Å². The molecule has 0 bridgehead atoms. The maximum Gasteiger partial charge on any atom is 0.290 e. The van der Waals surface area contributed by atoms with E-state index in [1.807, 2.05) is 13.0 Å². The maximum absolute atomic E-state index is 11.8. The molecule has 122 valence electrons. The number of nitrogens with one attached hydrogen (secondary N) is 1. The van der Waals surface area contributed by atoms with E-state index >= 15 is 0 Å². The van der Waals surface area contributed by atoms with Crippen molar-refractivity contribution in [3.05, 3.63) is 33.7 Å². The fraction of sp³-hybridized carbons (Fsp3) is 0.444. The summed E-state index contributed by atoms with van der Waals surface area (Å²) < 4.78 is 0. The van der Waals surface area contributed by atoms with Crippen molar-refractivity contribution < 1.29 is 9.59 Å². The van der Waals surface area contributed by atoms with E-state index in [0.29, 0.717) is 10.8 Å². The molecule has 2 aliphatic rings. The van der Waals surface area contributed by atoms with Crippen LogP contribution in [0.2, 0.25) is 0 Å². The van der Waals surface area contributed by atoms with Gasteiger partial charge in [-0.2, -0.15) is 0 Å². The summed E-state index contributed by atoms with van der Waals surface area (Å²) in [6.45, 7) is 8.83. The summed E-state index contributed by atoms with van der Waals surface area (Å²) >= 11 is 0.967. The molecule has 1 saturated heterocycles. The summed E-state index contributed by atoms with van der Waals surface area (Å²) in [5, 5.41) is 2.00. The zero-order valence-corrected chi connectivity index (χ0v) is 15.0. The predicted octanol–water partition coefficient (Wildman–Crippen LogP) is 4.04. The largest absolute Gasteiger partial charge is 0.369 e. The molecule has 0 unspecified atom stereocenters. The lowest BCUT2D eigenvalue weighted by Crippen LogP contribution is -2.45. The molecule has 0 spiro atoms. The summed E-state index contributed by atoms with van der Waals surface area (Å²) in [6, 6.07) is 4.36. The third-order valence-corrected chi connectivity index (χ3v) is 5.76. The highest BCUT2D eigenvalue weighted by atomic mass is 32.2. The fourth-order valence-corrected chi connectivity index (χ4v) is 4.13. The molecule has 4 nitrogen and oxygen atoms in total. The number of rotatable bonds is 1. The summed E-state index contributed by atoms with van der Waals surface area (Å²) in [7, 11) is 2.14. The van der Waals surface area contributed by atoms with Crippen molar-refractivity contribution >= 4 is 34.7 Å². The second-order valence-corrected chi connectivity index (χ2v) is 8.11. The minimum Gasteiger partial charge on any atom is -0.369 e. The quantitative estimate of drug-likeness (QED) is 0.790. The molecule has 2 amide bonds. The van der Waals surface area contributed by atoms with Gasteiger partial charge in [0.1, 0.15) is 0 Å². The molecular formula is C18H22N2O2S. The van der Waals surface area contributed by atoms with Crippen LogP contribution in [0.3, 0.4) is 0 Å². The lowest BCUT2D eigenvalue weighted by Gasteiger charge is -2.45. The van der Waals surface area contributed by atoms with Crippen LogP contribution in [-0.4, -0.2) is 23.7 Å². The monoisotopic (exact) mass is 330 g/mol. The molecule has 0 radical (unpaired) electrons. The Morgan fingerprint density at radius 1 is 1.35 bits per heavy atom. The number of aryl methyl sites for hydroxylation is 1. The number of carbonyl (C=O) groups is 2. The van der Waals surface area contributed by atoms with Crippen molar-refractivity contribution in [1.82, 2.24) is 5.32 Å². The van der Waals surface area contributed by atoms with E-state index in [0.717, 1.165) is 29.3 Å². The summed E-state index contributed by atoms with van der Waals surface area (Å²) in [6.07, 6.45) is 2.91. The molecule has 1 aromatic carbocycles. The predicted molar refractivity (Wildman–Crippen MR) is 95.8 cm³/mol. The number of amides is 2. The van der Waals surface area contributed by atoms with E-state index in [2.05, 4.69) is 50.2 Å². The zero-order chi connectivity index (χ0) is 16.9. The first kappa shape index (κ1) is 16.1. The van der Waals surface area contributed by atoms with Crippen molar-refractivity contribution in [3.8, 4) is 0 Å². The third-order valence-electron chi connectivity index (χ3n) is 4.95. The first-order valence-electron chi connectivity index (χ1n) is 7.82. The Morgan fingerprint density at radius 2 is 2.04 bits per heavy atom. The number of hydrogen-bond donors (Lipinski definition) is 1. The van der Waals surface area contributed by atoms with Crippen molar-refractivity contribution in [2.45, 2.75) is 45.6 Å². The molecule has 0 aliphatic carbocycles. The molecule has 1 fully saturated rings. The third kappa shape index (κ3) is 2.78. The number of thioether (sulfide) groups is 1. The first-order valence-corrected chi connectivity index (χ1v) is 8.64. The van der Waals surface area contributed by atoms with Gasteiger partial charge < -0.3 is 4.90 Å². The molecule has 0 aromatic heterocycles. The van der Waals surface area contributed by atoms with Gasteiger partial charge in [-0.15, -0.1) is 0 Å². The Labute approximate surface area is 141 Å². The van der Waals surface area contributed by atoms with Crippen molar-refractivity contribution in [2.24, 2.45) is 0 Å². The van der Waals surface area contributed by atoms with Crippen LogP contribution in [0.25, 0.3) is 6.08 Å². The molecular weight excluding hydrogens is 308 g/mol. The van der Waals surface area contributed by atoms with Gasteiger partial charge in [0, 0.05) is 18.3 Å².